The Labute approximate surface area is 192 Å². The van der Waals surface area contributed by atoms with Crippen LogP contribution in [0.5, 0.6) is 0 Å². The van der Waals surface area contributed by atoms with Crippen LogP contribution in [0.15, 0.2) is 59.5 Å². The monoisotopic (exact) mass is 452 g/mol. The Hall–Kier alpha value is -3.06. The van der Waals surface area contributed by atoms with Crippen LogP contribution in [-0.4, -0.2) is 28.1 Å². The molecular formula is C25H28N2O4S. The molecule has 2 aromatic carbocycles. The van der Waals surface area contributed by atoms with Gasteiger partial charge in [0.05, 0.1) is 17.1 Å². The van der Waals surface area contributed by atoms with E-state index in [0.29, 0.717) is 18.5 Å². The second kappa shape index (κ2) is 10.5. The Balaban J connectivity index is 1.62. The summed E-state index contributed by atoms with van der Waals surface area (Å²) < 4.78 is 0. The molecule has 2 amide bonds. The first-order valence-electron chi connectivity index (χ1n) is 10.6. The fourth-order valence-corrected chi connectivity index (χ4v) is 4.73. The maximum Gasteiger partial charge on any atom is 0.307 e. The van der Waals surface area contributed by atoms with Crippen molar-refractivity contribution in [2.75, 3.05) is 10.6 Å². The van der Waals surface area contributed by atoms with Crippen molar-refractivity contribution in [3.8, 4) is 0 Å². The van der Waals surface area contributed by atoms with E-state index in [0.717, 1.165) is 21.7 Å². The van der Waals surface area contributed by atoms with E-state index in [4.69, 9.17) is 0 Å². The molecule has 3 rings (SSSR count). The van der Waals surface area contributed by atoms with Gasteiger partial charge in [0.1, 0.15) is 0 Å². The van der Waals surface area contributed by atoms with Crippen LogP contribution >= 0.6 is 11.8 Å². The number of anilines is 2. The molecule has 0 saturated heterocycles. The zero-order chi connectivity index (χ0) is 23.3. The third-order valence-electron chi connectivity index (χ3n) is 5.36. The Bertz CT molecular complexity index is 1030. The van der Waals surface area contributed by atoms with Crippen LogP contribution < -0.4 is 10.6 Å². The molecule has 6 nitrogen and oxygen atoms in total. The van der Waals surface area contributed by atoms with Gasteiger partial charge in [-0.3, -0.25) is 14.4 Å². The summed E-state index contributed by atoms with van der Waals surface area (Å²) in [5, 5.41) is 14.9. The molecule has 0 spiro atoms. The first-order valence-corrected chi connectivity index (χ1v) is 11.5. The number of nitrogens with one attached hydrogen (secondary N) is 2. The van der Waals surface area contributed by atoms with Gasteiger partial charge in [-0.15, -0.1) is 11.8 Å². The normalized spacial score (nSPS) is 18.6. The number of allylic oxidation sites excluding steroid dienone is 2. The Morgan fingerprint density at radius 1 is 0.938 bits per heavy atom. The van der Waals surface area contributed by atoms with E-state index in [-0.39, 0.29) is 17.1 Å². The van der Waals surface area contributed by atoms with Gasteiger partial charge < -0.3 is 15.7 Å². The van der Waals surface area contributed by atoms with Crippen LogP contribution in [0, 0.1) is 25.7 Å². The molecule has 0 radical (unpaired) electrons. The summed E-state index contributed by atoms with van der Waals surface area (Å²) in [6, 6.07) is 13.2. The lowest BCUT2D eigenvalue weighted by Crippen LogP contribution is -2.34. The molecule has 0 heterocycles. The lowest BCUT2D eigenvalue weighted by molar-refractivity contribution is -0.146. The van der Waals surface area contributed by atoms with Crippen molar-refractivity contribution in [2.45, 2.75) is 43.8 Å². The zero-order valence-corrected chi connectivity index (χ0v) is 19.2. The quantitative estimate of drug-likeness (QED) is 0.405. The smallest absolute Gasteiger partial charge is 0.307 e. The van der Waals surface area contributed by atoms with Crippen LogP contribution in [0.4, 0.5) is 11.4 Å². The number of aliphatic carboxylic acids is 1. The van der Waals surface area contributed by atoms with E-state index < -0.39 is 17.8 Å². The van der Waals surface area contributed by atoms with Crippen molar-refractivity contribution in [1.82, 2.24) is 0 Å². The number of carbonyl (C=O) groups excluding carboxylic acids is 2. The highest BCUT2D eigenvalue weighted by Gasteiger charge is 2.34. The summed E-state index contributed by atoms with van der Waals surface area (Å²) in [7, 11) is 0. The van der Waals surface area contributed by atoms with Crippen LogP contribution in [0.2, 0.25) is 0 Å². The molecule has 2 aromatic rings. The van der Waals surface area contributed by atoms with Crippen molar-refractivity contribution in [3.05, 3.63) is 65.7 Å². The number of carbonyl (C=O) groups is 3. The SMILES string of the molecule is Cc1cc(C)cc(NC(=O)C(C)Sc2cccc(NC(=O)C3CC=CCC3C(=O)O)c2)c1. The van der Waals surface area contributed by atoms with Gasteiger partial charge in [-0.2, -0.15) is 0 Å². The average molecular weight is 453 g/mol. The molecule has 7 heteroatoms. The number of hydrogen-bond acceptors (Lipinski definition) is 4. The van der Waals surface area contributed by atoms with Gasteiger partial charge in [0.15, 0.2) is 0 Å². The highest BCUT2D eigenvalue weighted by Crippen LogP contribution is 2.30. The maximum atomic E-state index is 12.7. The highest BCUT2D eigenvalue weighted by molar-refractivity contribution is 8.00. The number of amides is 2. The molecule has 0 saturated carbocycles. The lowest BCUT2D eigenvalue weighted by atomic mass is 9.82. The molecule has 3 atom stereocenters. The van der Waals surface area contributed by atoms with Gasteiger partial charge in [0.2, 0.25) is 11.8 Å². The van der Waals surface area contributed by atoms with Crippen molar-refractivity contribution in [3.63, 3.8) is 0 Å². The summed E-state index contributed by atoms with van der Waals surface area (Å²) in [6.45, 7) is 5.81. The van der Waals surface area contributed by atoms with E-state index >= 15 is 0 Å². The van der Waals surface area contributed by atoms with E-state index in [2.05, 4.69) is 16.7 Å². The van der Waals surface area contributed by atoms with Gasteiger partial charge >= 0.3 is 5.97 Å². The van der Waals surface area contributed by atoms with Crippen molar-refractivity contribution in [1.29, 1.82) is 0 Å². The zero-order valence-electron chi connectivity index (χ0n) is 18.4. The van der Waals surface area contributed by atoms with Gasteiger partial charge in [0.25, 0.3) is 0 Å². The van der Waals surface area contributed by atoms with Gasteiger partial charge in [-0.05, 0) is 75.1 Å². The number of carboxylic acid groups (broad SMARTS) is 1. The fourth-order valence-electron chi connectivity index (χ4n) is 3.81. The third kappa shape index (κ3) is 6.23. The van der Waals surface area contributed by atoms with E-state index in [1.54, 1.807) is 12.1 Å². The largest absolute Gasteiger partial charge is 0.481 e. The Morgan fingerprint density at radius 2 is 1.59 bits per heavy atom. The highest BCUT2D eigenvalue weighted by atomic mass is 32.2. The summed E-state index contributed by atoms with van der Waals surface area (Å²) in [4.78, 5) is 37.7. The fraction of sp³-hybridized carbons (Fsp3) is 0.320. The number of thioether (sulfide) groups is 1. The van der Waals surface area contributed by atoms with Crippen LogP contribution in [0.1, 0.15) is 30.9 Å². The first-order chi connectivity index (χ1) is 15.2. The topological polar surface area (TPSA) is 95.5 Å². The molecule has 0 fully saturated rings. The summed E-state index contributed by atoms with van der Waals surface area (Å²) >= 11 is 1.39. The summed E-state index contributed by atoms with van der Waals surface area (Å²) in [5.41, 5.74) is 3.53. The van der Waals surface area contributed by atoms with Crippen molar-refractivity contribution in [2.24, 2.45) is 11.8 Å². The number of benzene rings is 2. The van der Waals surface area contributed by atoms with E-state index in [1.807, 2.05) is 57.2 Å². The second-order valence-corrected chi connectivity index (χ2v) is 9.55. The predicted molar refractivity (Wildman–Crippen MR) is 128 cm³/mol. The van der Waals surface area contributed by atoms with E-state index in [9.17, 15) is 19.5 Å². The molecule has 0 aromatic heterocycles. The Kier molecular flexibility index (Phi) is 7.75. The summed E-state index contributed by atoms with van der Waals surface area (Å²) in [5.74, 6) is -2.68. The van der Waals surface area contributed by atoms with Gasteiger partial charge in [0, 0.05) is 16.3 Å². The number of hydrogen-bond donors (Lipinski definition) is 3. The number of carboxylic acids is 1. The second-order valence-electron chi connectivity index (χ2n) is 8.14. The van der Waals surface area contributed by atoms with E-state index in [1.165, 1.54) is 11.8 Å². The van der Waals surface area contributed by atoms with Crippen molar-refractivity contribution < 1.29 is 19.5 Å². The molecule has 1 aliphatic carbocycles. The van der Waals surface area contributed by atoms with Crippen LogP contribution in [0.25, 0.3) is 0 Å². The minimum Gasteiger partial charge on any atom is -0.481 e. The standard InChI is InChI=1S/C25H28N2O4S/c1-15-11-16(2)13-19(12-15)27-23(28)17(3)32-20-8-6-7-18(14-20)26-24(29)21-9-4-5-10-22(21)25(30)31/h4-8,11-14,17,21-22H,9-10H2,1-3H3,(H,26,29)(H,27,28)(H,30,31). The number of aryl methyl sites for hydroxylation is 2. The molecule has 32 heavy (non-hydrogen) atoms. The maximum absolute atomic E-state index is 12.7. The minimum atomic E-state index is -0.956. The lowest BCUT2D eigenvalue weighted by Gasteiger charge is -2.24. The van der Waals surface area contributed by atoms with Crippen molar-refractivity contribution >= 4 is 40.9 Å². The average Bonchev–Trinajstić information content (AvgIpc) is 2.73. The number of rotatable bonds is 7. The molecule has 0 aliphatic heterocycles. The minimum absolute atomic E-state index is 0.104. The van der Waals surface area contributed by atoms with Gasteiger partial charge in [-0.25, -0.2) is 0 Å². The first kappa shape index (κ1) is 23.6. The van der Waals surface area contributed by atoms with Gasteiger partial charge in [-0.1, -0.05) is 24.3 Å². The van der Waals surface area contributed by atoms with Crippen LogP contribution in [-0.2, 0) is 14.4 Å². The predicted octanol–water partition coefficient (Wildman–Crippen LogP) is 5.03. The molecule has 168 valence electrons. The van der Waals surface area contributed by atoms with Crippen LogP contribution in [0.3, 0.4) is 0 Å². The summed E-state index contributed by atoms with van der Waals surface area (Å²) in [6.07, 6.45) is 4.43. The molecule has 0 bridgehead atoms. The molecule has 1 aliphatic rings. The molecule has 3 unspecified atom stereocenters. The molecular weight excluding hydrogens is 424 g/mol. The molecule has 3 N–H and O–H groups in total. The Morgan fingerprint density at radius 3 is 2.25 bits per heavy atom. The third-order valence-corrected chi connectivity index (χ3v) is 6.45.